The molecule has 3 rings (SSSR count). The summed E-state index contributed by atoms with van der Waals surface area (Å²) in [4.78, 5) is 38.8. The molecule has 168 valence electrons. The number of methoxy groups -OCH3 is 1. The first-order valence-electron chi connectivity index (χ1n) is 10.3. The minimum Gasteiger partial charge on any atom is -0.493 e. The van der Waals surface area contributed by atoms with Gasteiger partial charge in [-0.2, -0.15) is 0 Å². The Morgan fingerprint density at radius 2 is 1.94 bits per heavy atom. The van der Waals surface area contributed by atoms with E-state index in [0.29, 0.717) is 29.4 Å². The van der Waals surface area contributed by atoms with Gasteiger partial charge in [0.05, 0.1) is 18.6 Å². The highest BCUT2D eigenvalue weighted by Gasteiger charge is 2.36. The third-order valence-corrected chi connectivity index (χ3v) is 5.91. The number of hydrogen-bond donors (Lipinski definition) is 1. The predicted octanol–water partition coefficient (Wildman–Crippen LogP) is 4.78. The lowest BCUT2D eigenvalue weighted by Gasteiger charge is -2.14. The summed E-state index contributed by atoms with van der Waals surface area (Å²) >= 11 is 0.809. The van der Waals surface area contributed by atoms with Crippen LogP contribution in [0.2, 0.25) is 0 Å². The van der Waals surface area contributed by atoms with Crippen molar-refractivity contribution in [2.24, 2.45) is 0 Å². The van der Waals surface area contributed by atoms with E-state index >= 15 is 0 Å². The fourth-order valence-corrected chi connectivity index (χ4v) is 3.95. The Kier molecular flexibility index (Phi) is 7.58. The zero-order valence-corrected chi connectivity index (χ0v) is 19.4. The molecule has 2 aromatic rings. The third kappa shape index (κ3) is 5.31. The van der Waals surface area contributed by atoms with Crippen LogP contribution >= 0.6 is 11.8 Å². The summed E-state index contributed by atoms with van der Waals surface area (Å²) in [6.07, 6.45) is 2.48. The summed E-state index contributed by atoms with van der Waals surface area (Å²) < 4.78 is 11.0. The largest absolute Gasteiger partial charge is 0.493 e. The second kappa shape index (κ2) is 10.4. The van der Waals surface area contributed by atoms with E-state index in [4.69, 9.17) is 9.47 Å². The van der Waals surface area contributed by atoms with Crippen molar-refractivity contribution >= 4 is 40.6 Å². The van der Waals surface area contributed by atoms with Crippen LogP contribution in [0.1, 0.15) is 30.0 Å². The second-order valence-corrected chi connectivity index (χ2v) is 8.32. The molecule has 1 N–H and O–H groups in total. The van der Waals surface area contributed by atoms with Crippen LogP contribution in [-0.4, -0.2) is 42.2 Å². The third-order valence-electron chi connectivity index (χ3n) is 5.00. The number of anilines is 1. The molecule has 1 fully saturated rings. The molecule has 0 unspecified atom stereocenters. The molecule has 0 saturated carbocycles. The fourth-order valence-electron chi connectivity index (χ4n) is 3.11. The number of thioether (sulfide) groups is 1. The molecule has 1 aliphatic heterocycles. The molecule has 32 heavy (non-hydrogen) atoms. The van der Waals surface area contributed by atoms with Crippen LogP contribution in [0.3, 0.4) is 0 Å². The average molecular weight is 455 g/mol. The Balaban J connectivity index is 1.72. The molecule has 0 spiro atoms. The Hall–Kier alpha value is -3.26. The number of aryl methyl sites for hydroxylation is 1. The number of imide groups is 1. The lowest BCUT2D eigenvalue weighted by Crippen LogP contribution is -2.36. The first-order valence-corrected chi connectivity index (χ1v) is 11.1. The molecule has 1 heterocycles. The highest BCUT2D eigenvalue weighted by atomic mass is 32.2. The van der Waals surface area contributed by atoms with Crippen molar-refractivity contribution in [3.8, 4) is 11.5 Å². The number of ether oxygens (including phenoxy) is 2. The fraction of sp³-hybridized carbons (Fsp3) is 0.292. The van der Waals surface area contributed by atoms with Gasteiger partial charge in [-0.25, -0.2) is 0 Å². The van der Waals surface area contributed by atoms with Gasteiger partial charge in [0.1, 0.15) is 6.54 Å². The van der Waals surface area contributed by atoms with Crippen LogP contribution in [0, 0.1) is 13.8 Å². The minimum atomic E-state index is -0.499. The molecule has 0 atom stereocenters. The Bertz CT molecular complexity index is 1080. The lowest BCUT2D eigenvalue weighted by molar-refractivity contribution is -0.127. The molecule has 3 amide bonds. The first kappa shape index (κ1) is 23.4. The Labute approximate surface area is 191 Å². The van der Waals surface area contributed by atoms with Crippen LogP contribution in [0.4, 0.5) is 10.5 Å². The molecule has 0 radical (unpaired) electrons. The summed E-state index contributed by atoms with van der Waals surface area (Å²) in [5.41, 5.74) is 3.33. The molecule has 7 nitrogen and oxygen atoms in total. The van der Waals surface area contributed by atoms with Crippen molar-refractivity contribution in [1.82, 2.24) is 4.90 Å². The van der Waals surface area contributed by atoms with Gasteiger partial charge in [-0.3, -0.25) is 19.3 Å². The van der Waals surface area contributed by atoms with Gasteiger partial charge in [0.25, 0.3) is 11.1 Å². The maximum absolute atomic E-state index is 12.8. The maximum atomic E-state index is 12.8. The zero-order chi connectivity index (χ0) is 23.3. The van der Waals surface area contributed by atoms with Gasteiger partial charge in [-0.05, 0) is 73.0 Å². The molecule has 2 aromatic carbocycles. The maximum Gasteiger partial charge on any atom is 0.294 e. The average Bonchev–Trinajstić information content (AvgIpc) is 3.03. The number of hydrogen-bond acceptors (Lipinski definition) is 6. The van der Waals surface area contributed by atoms with E-state index in [9.17, 15) is 14.4 Å². The smallest absolute Gasteiger partial charge is 0.294 e. The van der Waals surface area contributed by atoms with E-state index in [0.717, 1.165) is 34.2 Å². The van der Waals surface area contributed by atoms with Crippen LogP contribution < -0.4 is 14.8 Å². The quantitative estimate of drug-likeness (QED) is 0.578. The highest BCUT2D eigenvalue weighted by molar-refractivity contribution is 8.18. The number of nitrogens with zero attached hydrogens (tertiary/aromatic N) is 1. The number of benzene rings is 2. The van der Waals surface area contributed by atoms with Crippen LogP contribution in [0.15, 0.2) is 41.3 Å². The molecule has 0 aromatic heterocycles. The van der Waals surface area contributed by atoms with E-state index in [2.05, 4.69) is 5.32 Å². The summed E-state index contributed by atoms with van der Waals surface area (Å²) in [5, 5.41) is 2.30. The summed E-state index contributed by atoms with van der Waals surface area (Å²) in [7, 11) is 1.54. The van der Waals surface area contributed by atoms with Gasteiger partial charge in [0, 0.05) is 5.69 Å². The van der Waals surface area contributed by atoms with Crippen molar-refractivity contribution in [1.29, 1.82) is 0 Å². The van der Waals surface area contributed by atoms with Gasteiger partial charge in [0.2, 0.25) is 5.91 Å². The highest BCUT2D eigenvalue weighted by Crippen LogP contribution is 2.34. The topological polar surface area (TPSA) is 84.9 Å². The number of nitrogens with one attached hydrogen (secondary N) is 1. The summed E-state index contributed by atoms with van der Waals surface area (Å²) in [6, 6.07) is 10.9. The van der Waals surface area contributed by atoms with Crippen molar-refractivity contribution in [3.63, 3.8) is 0 Å². The van der Waals surface area contributed by atoms with Crippen molar-refractivity contribution < 1.29 is 23.9 Å². The van der Waals surface area contributed by atoms with E-state index in [-0.39, 0.29) is 11.4 Å². The van der Waals surface area contributed by atoms with Crippen LogP contribution in [0.25, 0.3) is 6.08 Å². The standard InChI is InChI=1S/C24H26N2O5S/c1-5-11-31-19-10-9-17(12-20(19)30-4)13-21-23(28)26(24(29)32-21)14-22(27)25-18-8-6-7-15(2)16(18)3/h6-10,12-13H,5,11,14H2,1-4H3,(H,25,27)/b21-13-. The molecule has 0 aliphatic carbocycles. The summed E-state index contributed by atoms with van der Waals surface area (Å²) in [6.45, 7) is 6.09. The molecule has 0 bridgehead atoms. The summed E-state index contributed by atoms with van der Waals surface area (Å²) in [5.74, 6) is 0.227. The number of rotatable bonds is 8. The molecule has 1 aliphatic rings. The van der Waals surface area contributed by atoms with Crippen LogP contribution in [0.5, 0.6) is 11.5 Å². The van der Waals surface area contributed by atoms with Gasteiger partial charge < -0.3 is 14.8 Å². The minimum absolute atomic E-state index is 0.249. The zero-order valence-electron chi connectivity index (χ0n) is 18.6. The van der Waals surface area contributed by atoms with E-state index in [1.807, 2.05) is 32.9 Å². The normalized spacial score (nSPS) is 14.8. The molecule has 1 saturated heterocycles. The molecular weight excluding hydrogens is 428 g/mol. The molecule has 8 heteroatoms. The number of carbonyl (C=O) groups excluding carboxylic acids is 3. The number of amides is 3. The van der Waals surface area contributed by atoms with Crippen molar-refractivity contribution in [2.75, 3.05) is 25.6 Å². The number of carbonyl (C=O) groups is 3. The first-order chi connectivity index (χ1) is 15.3. The lowest BCUT2D eigenvalue weighted by atomic mass is 10.1. The van der Waals surface area contributed by atoms with Crippen LogP contribution in [-0.2, 0) is 9.59 Å². The second-order valence-electron chi connectivity index (χ2n) is 7.32. The van der Waals surface area contributed by atoms with E-state index in [1.54, 1.807) is 37.5 Å². The van der Waals surface area contributed by atoms with Gasteiger partial charge in [-0.1, -0.05) is 25.1 Å². The monoisotopic (exact) mass is 454 g/mol. The van der Waals surface area contributed by atoms with Gasteiger partial charge in [-0.15, -0.1) is 0 Å². The predicted molar refractivity (Wildman–Crippen MR) is 126 cm³/mol. The van der Waals surface area contributed by atoms with Crippen molar-refractivity contribution in [3.05, 3.63) is 58.0 Å². The van der Waals surface area contributed by atoms with E-state index < -0.39 is 17.1 Å². The van der Waals surface area contributed by atoms with Gasteiger partial charge >= 0.3 is 0 Å². The Morgan fingerprint density at radius 3 is 2.66 bits per heavy atom. The Morgan fingerprint density at radius 1 is 1.16 bits per heavy atom. The van der Waals surface area contributed by atoms with Gasteiger partial charge in [0.15, 0.2) is 11.5 Å². The van der Waals surface area contributed by atoms with Crippen molar-refractivity contribution in [2.45, 2.75) is 27.2 Å². The molecular formula is C24H26N2O5S. The van der Waals surface area contributed by atoms with E-state index in [1.165, 1.54) is 0 Å². The SMILES string of the molecule is CCCOc1ccc(/C=C2\SC(=O)N(CC(=O)Nc3cccc(C)c3C)C2=O)cc1OC.